The summed E-state index contributed by atoms with van der Waals surface area (Å²) in [6.45, 7) is 0. The second kappa shape index (κ2) is 5.09. The highest BCUT2D eigenvalue weighted by molar-refractivity contribution is 5.78. The van der Waals surface area contributed by atoms with Crippen molar-refractivity contribution >= 4 is 23.1 Å². The molecule has 20 heavy (non-hydrogen) atoms. The van der Waals surface area contributed by atoms with E-state index in [4.69, 9.17) is 0 Å². The first-order valence-electron chi connectivity index (χ1n) is 6.15. The minimum absolute atomic E-state index is 0.172. The molecule has 0 fully saturated rings. The SMILES string of the molecule is O=c1[nH]c(C=Cc2ccc(F)cc2)nc2ccccc12. The van der Waals surface area contributed by atoms with Crippen LogP contribution in [0.1, 0.15) is 11.4 Å². The maximum atomic E-state index is 12.8. The molecule has 0 aliphatic heterocycles. The molecule has 0 atom stereocenters. The monoisotopic (exact) mass is 266 g/mol. The summed E-state index contributed by atoms with van der Waals surface area (Å²) in [5.41, 5.74) is 1.31. The summed E-state index contributed by atoms with van der Waals surface area (Å²) in [7, 11) is 0. The first-order chi connectivity index (χ1) is 9.72. The van der Waals surface area contributed by atoms with Gasteiger partial charge in [-0.25, -0.2) is 9.37 Å². The molecule has 2 aromatic carbocycles. The third-order valence-electron chi connectivity index (χ3n) is 2.93. The van der Waals surface area contributed by atoms with Crippen LogP contribution in [-0.2, 0) is 0 Å². The largest absolute Gasteiger partial charge is 0.306 e. The van der Waals surface area contributed by atoms with Crippen molar-refractivity contribution in [1.29, 1.82) is 0 Å². The van der Waals surface area contributed by atoms with Gasteiger partial charge in [-0.05, 0) is 35.9 Å². The fourth-order valence-corrected chi connectivity index (χ4v) is 1.93. The Morgan fingerprint density at radius 1 is 1.00 bits per heavy atom. The second-order valence-corrected chi connectivity index (χ2v) is 4.35. The Kier molecular flexibility index (Phi) is 3.13. The van der Waals surface area contributed by atoms with E-state index in [9.17, 15) is 9.18 Å². The van der Waals surface area contributed by atoms with Crippen molar-refractivity contribution in [3.8, 4) is 0 Å². The van der Waals surface area contributed by atoms with Crippen LogP contribution < -0.4 is 5.56 Å². The van der Waals surface area contributed by atoms with E-state index in [1.165, 1.54) is 12.1 Å². The summed E-state index contributed by atoms with van der Waals surface area (Å²) < 4.78 is 12.8. The van der Waals surface area contributed by atoms with E-state index in [1.54, 1.807) is 42.5 Å². The maximum Gasteiger partial charge on any atom is 0.259 e. The van der Waals surface area contributed by atoms with Crippen molar-refractivity contribution in [2.24, 2.45) is 0 Å². The van der Waals surface area contributed by atoms with Crippen LogP contribution in [0.25, 0.3) is 23.1 Å². The van der Waals surface area contributed by atoms with Crippen LogP contribution in [-0.4, -0.2) is 9.97 Å². The zero-order valence-electron chi connectivity index (χ0n) is 10.5. The van der Waals surface area contributed by atoms with Gasteiger partial charge in [0.25, 0.3) is 5.56 Å². The van der Waals surface area contributed by atoms with Gasteiger partial charge in [0.15, 0.2) is 0 Å². The minimum Gasteiger partial charge on any atom is -0.306 e. The molecule has 0 aliphatic carbocycles. The molecule has 0 bridgehead atoms. The maximum absolute atomic E-state index is 12.8. The summed E-state index contributed by atoms with van der Waals surface area (Å²) in [6, 6.07) is 13.2. The number of halogens is 1. The van der Waals surface area contributed by atoms with E-state index in [1.807, 2.05) is 6.07 Å². The summed E-state index contributed by atoms with van der Waals surface area (Å²) >= 11 is 0. The fourth-order valence-electron chi connectivity index (χ4n) is 1.93. The number of aromatic nitrogens is 2. The first-order valence-corrected chi connectivity index (χ1v) is 6.15. The predicted molar refractivity (Wildman–Crippen MR) is 77.7 cm³/mol. The van der Waals surface area contributed by atoms with E-state index < -0.39 is 0 Å². The number of benzene rings is 2. The molecule has 98 valence electrons. The molecular formula is C16H11FN2O. The van der Waals surface area contributed by atoms with E-state index in [0.29, 0.717) is 16.7 Å². The van der Waals surface area contributed by atoms with Gasteiger partial charge in [-0.3, -0.25) is 4.79 Å². The molecule has 3 nitrogen and oxygen atoms in total. The molecule has 0 unspecified atom stereocenters. The van der Waals surface area contributed by atoms with Crippen molar-refractivity contribution < 1.29 is 4.39 Å². The molecule has 4 heteroatoms. The summed E-state index contributed by atoms with van der Waals surface area (Å²) in [5, 5.41) is 0.562. The van der Waals surface area contributed by atoms with Gasteiger partial charge in [-0.1, -0.05) is 30.3 Å². The number of hydrogen-bond donors (Lipinski definition) is 1. The molecule has 0 aliphatic rings. The van der Waals surface area contributed by atoms with Crippen LogP contribution in [0.2, 0.25) is 0 Å². The summed E-state index contributed by atoms with van der Waals surface area (Å²) in [4.78, 5) is 18.9. The fraction of sp³-hybridized carbons (Fsp3) is 0. The lowest BCUT2D eigenvalue weighted by atomic mass is 10.2. The average molecular weight is 266 g/mol. The third-order valence-corrected chi connectivity index (χ3v) is 2.93. The smallest absolute Gasteiger partial charge is 0.259 e. The van der Waals surface area contributed by atoms with Gasteiger partial charge < -0.3 is 4.98 Å². The second-order valence-electron chi connectivity index (χ2n) is 4.35. The van der Waals surface area contributed by atoms with Crippen molar-refractivity contribution in [2.45, 2.75) is 0 Å². The van der Waals surface area contributed by atoms with Gasteiger partial charge in [-0.2, -0.15) is 0 Å². The highest BCUT2D eigenvalue weighted by atomic mass is 19.1. The molecule has 0 radical (unpaired) electrons. The Bertz CT molecular complexity index is 835. The average Bonchev–Trinajstić information content (AvgIpc) is 2.47. The number of aromatic amines is 1. The molecule has 1 aromatic heterocycles. The zero-order chi connectivity index (χ0) is 13.9. The Hall–Kier alpha value is -2.75. The number of para-hydroxylation sites is 1. The minimum atomic E-state index is -0.278. The number of hydrogen-bond acceptors (Lipinski definition) is 2. The number of fused-ring (bicyclic) bond motifs is 1. The summed E-state index contributed by atoms with van der Waals surface area (Å²) in [5.74, 6) is 0.192. The highest BCUT2D eigenvalue weighted by Gasteiger charge is 2.00. The van der Waals surface area contributed by atoms with Crippen LogP contribution in [0.15, 0.2) is 53.3 Å². The lowest BCUT2D eigenvalue weighted by Gasteiger charge is -1.98. The Morgan fingerprint density at radius 2 is 1.75 bits per heavy atom. The standard InChI is InChI=1S/C16H11FN2O/c17-12-8-5-11(6-9-12)7-10-15-18-14-4-2-1-3-13(14)16(20)19-15/h1-10H,(H,18,19,20). The molecule has 3 aromatic rings. The predicted octanol–water partition coefficient (Wildman–Crippen LogP) is 3.23. The number of nitrogens with zero attached hydrogens (tertiary/aromatic N) is 1. The molecule has 0 saturated carbocycles. The van der Waals surface area contributed by atoms with E-state index >= 15 is 0 Å². The number of nitrogens with one attached hydrogen (secondary N) is 1. The molecule has 1 heterocycles. The Morgan fingerprint density at radius 3 is 2.55 bits per heavy atom. The topological polar surface area (TPSA) is 45.8 Å². The molecule has 1 N–H and O–H groups in total. The molecule has 3 rings (SSSR count). The van der Waals surface area contributed by atoms with Crippen LogP contribution in [0.3, 0.4) is 0 Å². The van der Waals surface area contributed by atoms with Crippen LogP contribution in [0.5, 0.6) is 0 Å². The summed E-state index contributed by atoms with van der Waals surface area (Å²) in [6.07, 6.45) is 3.47. The Balaban J connectivity index is 1.98. The first kappa shape index (κ1) is 12.3. The van der Waals surface area contributed by atoms with Gasteiger partial charge >= 0.3 is 0 Å². The Labute approximate surface area is 114 Å². The normalized spacial score (nSPS) is 11.2. The van der Waals surface area contributed by atoms with Crippen LogP contribution >= 0.6 is 0 Å². The molecule has 0 saturated heterocycles. The lowest BCUT2D eigenvalue weighted by molar-refractivity contribution is 0.628. The highest BCUT2D eigenvalue weighted by Crippen LogP contribution is 2.09. The van der Waals surface area contributed by atoms with E-state index in [0.717, 1.165) is 5.56 Å². The third kappa shape index (κ3) is 2.49. The van der Waals surface area contributed by atoms with Crippen molar-refractivity contribution in [2.75, 3.05) is 0 Å². The number of rotatable bonds is 2. The van der Waals surface area contributed by atoms with Gasteiger partial charge in [0.05, 0.1) is 10.9 Å². The van der Waals surface area contributed by atoms with Gasteiger partial charge in [0.2, 0.25) is 0 Å². The molecule has 0 spiro atoms. The quantitative estimate of drug-likeness (QED) is 0.774. The van der Waals surface area contributed by atoms with Gasteiger partial charge in [0, 0.05) is 0 Å². The lowest BCUT2D eigenvalue weighted by Crippen LogP contribution is -2.09. The molecular weight excluding hydrogens is 255 g/mol. The number of H-pyrrole nitrogens is 1. The van der Waals surface area contributed by atoms with Gasteiger partial charge in [0.1, 0.15) is 11.6 Å². The van der Waals surface area contributed by atoms with Crippen molar-refractivity contribution in [1.82, 2.24) is 9.97 Å². The van der Waals surface area contributed by atoms with Crippen molar-refractivity contribution in [3.63, 3.8) is 0 Å². The molecule has 0 amide bonds. The van der Waals surface area contributed by atoms with Crippen molar-refractivity contribution in [3.05, 3.63) is 76.1 Å². The van der Waals surface area contributed by atoms with Gasteiger partial charge in [-0.15, -0.1) is 0 Å². The van der Waals surface area contributed by atoms with Crippen LogP contribution in [0.4, 0.5) is 4.39 Å². The van der Waals surface area contributed by atoms with Crippen LogP contribution in [0, 0.1) is 5.82 Å². The van der Waals surface area contributed by atoms with E-state index in [2.05, 4.69) is 9.97 Å². The van der Waals surface area contributed by atoms with E-state index in [-0.39, 0.29) is 11.4 Å². The zero-order valence-corrected chi connectivity index (χ0v) is 10.5.